The molecule has 0 aliphatic carbocycles. The Hall–Kier alpha value is -1.32. The van der Waals surface area contributed by atoms with Gasteiger partial charge in [0.1, 0.15) is 0 Å². The van der Waals surface area contributed by atoms with Crippen molar-refractivity contribution in [2.75, 3.05) is 25.1 Å². The Morgan fingerprint density at radius 3 is 2.29 bits per heavy atom. The van der Waals surface area contributed by atoms with Crippen LogP contribution in [0.3, 0.4) is 0 Å². The number of aromatic nitrogens is 2. The third-order valence-corrected chi connectivity index (χ3v) is 2.94. The quantitative estimate of drug-likeness (QED) is 0.792. The maximum absolute atomic E-state index is 4.98. The monoisotopic (exact) mass is 237 g/mol. The van der Waals surface area contributed by atoms with Crippen LogP contribution in [-0.2, 0) is 0 Å². The van der Waals surface area contributed by atoms with E-state index in [0.717, 1.165) is 24.8 Å². The van der Waals surface area contributed by atoms with E-state index in [1.54, 1.807) is 7.11 Å². The van der Waals surface area contributed by atoms with Crippen molar-refractivity contribution in [2.24, 2.45) is 5.92 Å². The number of hydrogen-bond acceptors (Lipinski definition) is 4. The lowest BCUT2D eigenvalue weighted by Crippen LogP contribution is -2.33. The normalized spacial score (nSPS) is 16.1. The second-order valence-corrected chi connectivity index (χ2v) is 4.10. The molecule has 4 nitrogen and oxygen atoms in total. The molecule has 2 heterocycles. The minimum Gasteiger partial charge on any atom is -0.480 e. The molecular formula is C13H23N3O. The highest BCUT2D eigenvalue weighted by Crippen LogP contribution is 2.21. The first-order chi connectivity index (χ1) is 8.29. The van der Waals surface area contributed by atoms with E-state index in [2.05, 4.69) is 22.0 Å². The van der Waals surface area contributed by atoms with Gasteiger partial charge in [0.2, 0.25) is 5.88 Å². The van der Waals surface area contributed by atoms with E-state index in [1.165, 1.54) is 12.8 Å². The van der Waals surface area contributed by atoms with Crippen LogP contribution in [0, 0.1) is 5.92 Å². The third-order valence-electron chi connectivity index (χ3n) is 2.94. The fourth-order valence-corrected chi connectivity index (χ4v) is 1.83. The van der Waals surface area contributed by atoms with Gasteiger partial charge in [0, 0.05) is 19.2 Å². The molecule has 0 radical (unpaired) electrons. The number of nitrogens with zero attached hydrogens (tertiary/aromatic N) is 3. The lowest BCUT2D eigenvalue weighted by atomic mass is 9.99. The molecular weight excluding hydrogens is 214 g/mol. The fraction of sp³-hybridized carbons (Fsp3) is 0.692. The first kappa shape index (κ1) is 13.7. The van der Waals surface area contributed by atoms with Gasteiger partial charge < -0.3 is 9.64 Å². The van der Waals surface area contributed by atoms with Gasteiger partial charge in [0.15, 0.2) is 5.82 Å². The van der Waals surface area contributed by atoms with Gasteiger partial charge in [0.05, 0.1) is 7.11 Å². The SMILES string of the molecule is CC.COc1ccc(N2CCC(C)CC2)nn1. The van der Waals surface area contributed by atoms with Crippen molar-refractivity contribution in [2.45, 2.75) is 33.6 Å². The Morgan fingerprint density at radius 1 is 1.18 bits per heavy atom. The van der Waals surface area contributed by atoms with Gasteiger partial charge in [-0.25, -0.2) is 0 Å². The van der Waals surface area contributed by atoms with Crippen molar-refractivity contribution in [3.8, 4) is 5.88 Å². The Kier molecular flexibility index (Phi) is 5.73. The minimum absolute atomic E-state index is 0.573. The first-order valence-corrected chi connectivity index (χ1v) is 6.42. The second-order valence-electron chi connectivity index (χ2n) is 4.10. The molecule has 0 atom stereocenters. The van der Waals surface area contributed by atoms with Crippen LogP contribution < -0.4 is 9.64 Å². The van der Waals surface area contributed by atoms with Crippen LogP contribution in [0.5, 0.6) is 5.88 Å². The van der Waals surface area contributed by atoms with Crippen molar-refractivity contribution in [1.29, 1.82) is 0 Å². The average Bonchev–Trinajstić information content (AvgIpc) is 2.42. The van der Waals surface area contributed by atoms with Crippen LogP contribution in [0.15, 0.2) is 12.1 Å². The van der Waals surface area contributed by atoms with E-state index in [4.69, 9.17) is 4.74 Å². The molecule has 1 saturated heterocycles. The van der Waals surface area contributed by atoms with Crippen LogP contribution in [-0.4, -0.2) is 30.4 Å². The van der Waals surface area contributed by atoms with Crippen molar-refractivity contribution in [1.82, 2.24) is 10.2 Å². The summed E-state index contributed by atoms with van der Waals surface area (Å²) in [6.45, 7) is 8.47. The third kappa shape index (κ3) is 3.88. The summed E-state index contributed by atoms with van der Waals surface area (Å²) in [6.07, 6.45) is 2.49. The van der Waals surface area contributed by atoms with E-state index in [9.17, 15) is 0 Å². The minimum atomic E-state index is 0.573. The van der Waals surface area contributed by atoms with Gasteiger partial charge in [-0.05, 0) is 24.8 Å². The van der Waals surface area contributed by atoms with Crippen LogP contribution >= 0.6 is 0 Å². The summed E-state index contributed by atoms with van der Waals surface area (Å²) in [4.78, 5) is 2.28. The molecule has 2 rings (SSSR count). The molecule has 0 unspecified atom stereocenters. The van der Waals surface area contributed by atoms with E-state index in [-0.39, 0.29) is 0 Å². The Bertz CT molecular complexity index is 305. The molecule has 17 heavy (non-hydrogen) atoms. The molecule has 4 heteroatoms. The Labute approximate surface area is 104 Å². The summed E-state index contributed by atoms with van der Waals surface area (Å²) in [5, 5.41) is 8.13. The van der Waals surface area contributed by atoms with Crippen LogP contribution in [0.2, 0.25) is 0 Å². The number of ether oxygens (including phenoxy) is 1. The number of anilines is 1. The van der Waals surface area contributed by atoms with Crippen molar-refractivity contribution >= 4 is 5.82 Å². The molecule has 1 aliphatic heterocycles. The maximum atomic E-state index is 4.98. The summed E-state index contributed by atoms with van der Waals surface area (Å²) >= 11 is 0. The van der Waals surface area contributed by atoms with Gasteiger partial charge in [-0.15, -0.1) is 10.2 Å². The number of hydrogen-bond donors (Lipinski definition) is 0. The van der Waals surface area contributed by atoms with Crippen LogP contribution in [0.1, 0.15) is 33.6 Å². The van der Waals surface area contributed by atoms with Gasteiger partial charge in [-0.1, -0.05) is 20.8 Å². The van der Waals surface area contributed by atoms with Crippen LogP contribution in [0.4, 0.5) is 5.82 Å². The molecule has 1 aliphatic rings. The zero-order valence-corrected chi connectivity index (χ0v) is 11.3. The topological polar surface area (TPSA) is 38.2 Å². The highest BCUT2D eigenvalue weighted by atomic mass is 16.5. The summed E-state index contributed by atoms with van der Waals surface area (Å²) < 4.78 is 4.98. The standard InChI is InChI=1S/C11H17N3O.C2H6/c1-9-5-7-14(8-6-9)10-3-4-11(15-2)13-12-10;1-2/h3-4,9H,5-8H2,1-2H3;1-2H3. The van der Waals surface area contributed by atoms with Crippen LogP contribution in [0.25, 0.3) is 0 Å². The average molecular weight is 237 g/mol. The number of methoxy groups -OCH3 is 1. The number of rotatable bonds is 2. The molecule has 1 aromatic heterocycles. The van der Waals surface area contributed by atoms with Gasteiger partial charge in [0.25, 0.3) is 0 Å². The summed E-state index contributed by atoms with van der Waals surface area (Å²) in [7, 11) is 1.60. The van der Waals surface area contributed by atoms with Gasteiger partial charge >= 0.3 is 0 Å². The molecule has 0 saturated carbocycles. The number of piperidine rings is 1. The highest BCUT2D eigenvalue weighted by Gasteiger charge is 2.16. The lowest BCUT2D eigenvalue weighted by Gasteiger charge is -2.30. The molecule has 0 bridgehead atoms. The molecule has 0 amide bonds. The van der Waals surface area contributed by atoms with Crippen molar-refractivity contribution in [3.05, 3.63) is 12.1 Å². The molecule has 0 aromatic carbocycles. The second kappa shape index (κ2) is 7.09. The van der Waals surface area contributed by atoms with E-state index in [0.29, 0.717) is 5.88 Å². The first-order valence-electron chi connectivity index (χ1n) is 6.42. The smallest absolute Gasteiger partial charge is 0.233 e. The highest BCUT2D eigenvalue weighted by molar-refractivity contribution is 5.38. The lowest BCUT2D eigenvalue weighted by molar-refractivity contribution is 0.390. The van der Waals surface area contributed by atoms with E-state index >= 15 is 0 Å². The van der Waals surface area contributed by atoms with E-state index < -0.39 is 0 Å². The summed E-state index contributed by atoms with van der Waals surface area (Å²) in [5.41, 5.74) is 0. The maximum Gasteiger partial charge on any atom is 0.233 e. The van der Waals surface area contributed by atoms with Crippen molar-refractivity contribution < 1.29 is 4.74 Å². The molecule has 1 aromatic rings. The predicted octanol–water partition coefficient (Wildman–Crippen LogP) is 2.75. The predicted molar refractivity (Wildman–Crippen MR) is 70.5 cm³/mol. The summed E-state index contributed by atoms with van der Waals surface area (Å²) in [6, 6.07) is 3.84. The van der Waals surface area contributed by atoms with Crippen molar-refractivity contribution in [3.63, 3.8) is 0 Å². The van der Waals surface area contributed by atoms with E-state index in [1.807, 2.05) is 26.0 Å². The zero-order valence-electron chi connectivity index (χ0n) is 11.3. The molecule has 96 valence electrons. The summed E-state index contributed by atoms with van der Waals surface area (Å²) in [5.74, 6) is 2.37. The zero-order chi connectivity index (χ0) is 12.7. The molecule has 0 spiro atoms. The Balaban J connectivity index is 0.000000686. The van der Waals surface area contributed by atoms with Gasteiger partial charge in [-0.2, -0.15) is 0 Å². The molecule has 1 fully saturated rings. The Morgan fingerprint density at radius 2 is 1.82 bits per heavy atom. The van der Waals surface area contributed by atoms with Gasteiger partial charge in [-0.3, -0.25) is 0 Å². The largest absolute Gasteiger partial charge is 0.480 e. The fourth-order valence-electron chi connectivity index (χ4n) is 1.83. The molecule has 0 N–H and O–H groups in total.